The molecule has 0 fully saturated rings. The molecule has 0 spiro atoms. The van der Waals surface area contributed by atoms with Crippen molar-refractivity contribution in [2.24, 2.45) is 0 Å². The lowest BCUT2D eigenvalue weighted by atomic mass is 10.0. The van der Waals surface area contributed by atoms with Crippen molar-refractivity contribution in [2.45, 2.75) is 19.5 Å². The average Bonchev–Trinajstić information content (AvgIpc) is 3.36. The highest BCUT2D eigenvalue weighted by atomic mass is 19.1. The molecule has 0 aliphatic carbocycles. The van der Waals surface area contributed by atoms with Crippen LogP contribution in [0.15, 0.2) is 65.3 Å². The van der Waals surface area contributed by atoms with Crippen LogP contribution in [0.2, 0.25) is 0 Å². The Balaban J connectivity index is 1.41. The smallest absolute Gasteiger partial charge is 0.143 e. The quantitative estimate of drug-likeness (QED) is 0.574. The van der Waals surface area contributed by atoms with Gasteiger partial charge < -0.3 is 4.52 Å². The van der Waals surface area contributed by atoms with Crippen molar-refractivity contribution in [3.8, 4) is 22.5 Å². The highest BCUT2D eigenvalue weighted by Gasteiger charge is 2.26. The number of nitrogens with one attached hydrogen (secondary N) is 1. The molecular formula is C22H19FN4O. The maximum atomic E-state index is 14.3. The molecule has 5 rings (SSSR count). The number of aromatic nitrogens is 3. The molecule has 1 aliphatic heterocycles. The Bertz CT molecular complexity index is 1100. The lowest BCUT2D eigenvalue weighted by Crippen LogP contribution is -2.29. The summed E-state index contributed by atoms with van der Waals surface area (Å²) in [6, 6.07) is 16.9. The number of H-pyrrole nitrogens is 1. The van der Waals surface area contributed by atoms with Gasteiger partial charge in [-0.3, -0.25) is 10.00 Å². The van der Waals surface area contributed by atoms with E-state index < -0.39 is 0 Å². The van der Waals surface area contributed by atoms with Crippen molar-refractivity contribution in [3.63, 3.8) is 0 Å². The van der Waals surface area contributed by atoms with Crippen LogP contribution >= 0.6 is 0 Å². The standard InChI is InChI=1S/C22H19FN4O/c23-19-9-5-4-8-17(19)22-18-14-27(11-10-20(18)28-26-22)13-16-12-24-25-21(16)15-6-2-1-3-7-15/h1-9,12H,10-11,13-14H2,(H,24,25). The van der Waals surface area contributed by atoms with Crippen LogP contribution < -0.4 is 0 Å². The summed E-state index contributed by atoms with van der Waals surface area (Å²) in [7, 11) is 0. The molecule has 3 heterocycles. The van der Waals surface area contributed by atoms with Gasteiger partial charge in [0.1, 0.15) is 17.3 Å². The van der Waals surface area contributed by atoms with E-state index in [-0.39, 0.29) is 5.82 Å². The number of halogens is 1. The lowest BCUT2D eigenvalue weighted by molar-refractivity contribution is 0.229. The molecule has 1 aliphatic rings. The third kappa shape index (κ3) is 3.01. The Morgan fingerprint density at radius 1 is 1.07 bits per heavy atom. The van der Waals surface area contributed by atoms with E-state index in [2.05, 4.69) is 32.4 Å². The third-order valence-electron chi connectivity index (χ3n) is 5.21. The Labute approximate surface area is 161 Å². The van der Waals surface area contributed by atoms with Gasteiger partial charge in [-0.2, -0.15) is 5.10 Å². The third-order valence-corrected chi connectivity index (χ3v) is 5.21. The fourth-order valence-corrected chi connectivity index (χ4v) is 3.79. The van der Waals surface area contributed by atoms with Crippen molar-refractivity contribution in [3.05, 3.63) is 83.5 Å². The first-order valence-corrected chi connectivity index (χ1v) is 9.32. The van der Waals surface area contributed by atoms with Gasteiger partial charge in [-0.1, -0.05) is 47.6 Å². The molecule has 0 bridgehead atoms. The summed E-state index contributed by atoms with van der Waals surface area (Å²) in [5.74, 6) is 0.571. The van der Waals surface area contributed by atoms with Crippen molar-refractivity contribution in [1.29, 1.82) is 0 Å². The van der Waals surface area contributed by atoms with Gasteiger partial charge in [0.05, 0.1) is 11.9 Å². The van der Waals surface area contributed by atoms with Crippen molar-refractivity contribution in [2.75, 3.05) is 6.54 Å². The predicted molar refractivity (Wildman–Crippen MR) is 104 cm³/mol. The van der Waals surface area contributed by atoms with Gasteiger partial charge in [0.25, 0.3) is 0 Å². The van der Waals surface area contributed by atoms with Crippen LogP contribution in [0.4, 0.5) is 4.39 Å². The zero-order valence-corrected chi connectivity index (χ0v) is 15.2. The second kappa shape index (κ2) is 7.05. The van der Waals surface area contributed by atoms with Gasteiger partial charge in [-0.15, -0.1) is 0 Å². The van der Waals surface area contributed by atoms with E-state index in [4.69, 9.17) is 4.52 Å². The fraction of sp³-hybridized carbons (Fsp3) is 0.182. The zero-order valence-electron chi connectivity index (χ0n) is 15.2. The Hall–Kier alpha value is -3.25. The van der Waals surface area contributed by atoms with Crippen molar-refractivity contribution in [1.82, 2.24) is 20.3 Å². The summed E-state index contributed by atoms with van der Waals surface area (Å²) in [6.45, 7) is 2.28. The lowest BCUT2D eigenvalue weighted by Gasteiger charge is -2.26. The van der Waals surface area contributed by atoms with E-state index in [9.17, 15) is 4.39 Å². The second-order valence-electron chi connectivity index (χ2n) is 7.01. The first-order chi connectivity index (χ1) is 13.8. The minimum absolute atomic E-state index is 0.281. The first kappa shape index (κ1) is 16.9. The SMILES string of the molecule is Fc1ccccc1-c1noc2c1CN(Cc1cn[nH]c1-c1ccccc1)CC2. The van der Waals surface area contributed by atoms with Crippen molar-refractivity contribution >= 4 is 0 Å². The Kier molecular flexibility index (Phi) is 4.25. The molecule has 28 heavy (non-hydrogen) atoms. The summed E-state index contributed by atoms with van der Waals surface area (Å²) >= 11 is 0. The number of aromatic amines is 1. The number of fused-ring (bicyclic) bond motifs is 1. The predicted octanol–water partition coefficient (Wildman–Crippen LogP) is 4.43. The number of hydrogen-bond donors (Lipinski definition) is 1. The van der Waals surface area contributed by atoms with Crippen LogP contribution in [0.5, 0.6) is 0 Å². The van der Waals surface area contributed by atoms with E-state index in [1.165, 1.54) is 6.07 Å². The maximum absolute atomic E-state index is 14.3. The molecule has 0 amide bonds. The number of nitrogens with zero attached hydrogens (tertiary/aromatic N) is 3. The minimum atomic E-state index is -0.281. The fourth-order valence-electron chi connectivity index (χ4n) is 3.79. The molecule has 0 unspecified atom stereocenters. The van der Waals surface area contributed by atoms with E-state index >= 15 is 0 Å². The van der Waals surface area contributed by atoms with Crippen LogP contribution in [0.3, 0.4) is 0 Å². The molecule has 0 saturated heterocycles. The maximum Gasteiger partial charge on any atom is 0.143 e. The number of rotatable bonds is 4. The molecule has 2 aromatic heterocycles. The molecule has 6 heteroatoms. The van der Waals surface area contributed by atoms with Gasteiger partial charge >= 0.3 is 0 Å². The molecular weight excluding hydrogens is 355 g/mol. The zero-order chi connectivity index (χ0) is 18.9. The largest absolute Gasteiger partial charge is 0.360 e. The highest BCUT2D eigenvalue weighted by molar-refractivity contribution is 5.65. The summed E-state index contributed by atoms with van der Waals surface area (Å²) in [4.78, 5) is 2.32. The molecule has 1 N–H and O–H groups in total. The van der Waals surface area contributed by atoms with Crippen LogP contribution in [-0.4, -0.2) is 26.8 Å². The van der Waals surface area contributed by atoms with Gasteiger partial charge in [-0.05, 0) is 17.7 Å². The van der Waals surface area contributed by atoms with Crippen molar-refractivity contribution < 1.29 is 8.91 Å². The molecule has 0 radical (unpaired) electrons. The van der Waals surface area contributed by atoms with Gasteiger partial charge in [0, 0.05) is 42.7 Å². The molecule has 4 aromatic rings. The molecule has 0 atom stereocenters. The van der Waals surface area contributed by atoms with Gasteiger partial charge in [-0.25, -0.2) is 4.39 Å². The van der Waals surface area contributed by atoms with E-state index in [1.807, 2.05) is 30.5 Å². The normalized spacial score (nSPS) is 14.2. The number of benzene rings is 2. The second-order valence-corrected chi connectivity index (χ2v) is 7.01. The van der Waals surface area contributed by atoms with Crippen LogP contribution in [0.25, 0.3) is 22.5 Å². The average molecular weight is 374 g/mol. The summed E-state index contributed by atoms with van der Waals surface area (Å²) < 4.78 is 19.8. The van der Waals surface area contributed by atoms with E-state index in [0.717, 1.165) is 47.7 Å². The summed E-state index contributed by atoms with van der Waals surface area (Å²) in [5, 5.41) is 11.5. The first-order valence-electron chi connectivity index (χ1n) is 9.32. The molecule has 2 aromatic carbocycles. The van der Waals surface area contributed by atoms with E-state index in [1.54, 1.807) is 12.1 Å². The monoisotopic (exact) mass is 374 g/mol. The molecule has 140 valence electrons. The number of hydrogen-bond acceptors (Lipinski definition) is 4. The Morgan fingerprint density at radius 3 is 2.75 bits per heavy atom. The van der Waals surface area contributed by atoms with E-state index in [0.29, 0.717) is 17.8 Å². The van der Waals surface area contributed by atoms with Gasteiger partial charge in [0.15, 0.2) is 0 Å². The highest BCUT2D eigenvalue weighted by Crippen LogP contribution is 2.32. The topological polar surface area (TPSA) is 58.0 Å². The summed E-state index contributed by atoms with van der Waals surface area (Å²) in [5.41, 5.74) is 5.35. The Morgan fingerprint density at radius 2 is 1.89 bits per heavy atom. The minimum Gasteiger partial charge on any atom is -0.360 e. The van der Waals surface area contributed by atoms with Crippen LogP contribution in [-0.2, 0) is 19.5 Å². The van der Waals surface area contributed by atoms with Crippen LogP contribution in [0, 0.1) is 5.82 Å². The van der Waals surface area contributed by atoms with Gasteiger partial charge in [0.2, 0.25) is 0 Å². The van der Waals surface area contributed by atoms with Crippen LogP contribution in [0.1, 0.15) is 16.9 Å². The summed E-state index contributed by atoms with van der Waals surface area (Å²) in [6.07, 6.45) is 2.64. The molecule has 0 saturated carbocycles. The molecule has 5 nitrogen and oxygen atoms in total.